The number of rotatable bonds is 8. The van der Waals surface area contributed by atoms with E-state index in [2.05, 4.69) is 14.9 Å². The Bertz CT molecular complexity index is 1300. The van der Waals surface area contributed by atoms with E-state index in [1.165, 1.54) is 10.6 Å². The fraction of sp³-hybridized carbons (Fsp3) is 0.357. The summed E-state index contributed by atoms with van der Waals surface area (Å²) in [7, 11) is -1.88. The minimum atomic E-state index is -3.88. The molecule has 2 heterocycles. The predicted molar refractivity (Wildman–Crippen MR) is 144 cm³/mol. The first kappa shape index (κ1) is 26.9. The van der Waals surface area contributed by atoms with Crippen LogP contribution >= 0.6 is 0 Å². The van der Waals surface area contributed by atoms with Crippen LogP contribution in [0.2, 0.25) is 0 Å². The zero-order valence-corrected chi connectivity index (χ0v) is 22.3. The summed E-state index contributed by atoms with van der Waals surface area (Å²) >= 11 is 0. The number of fused-ring (bicyclic) bond motifs is 1. The molecule has 37 heavy (non-hydrogen) atoms. The molecule has 0 spiro atoms. The van der Waals surface area contributed by atoms with Gasteiger partial charge in [-0.25, -0.2) is 18.4 Å². The van der Waals surface area contributed by atoms with Crippen molar-refractivity contribution in [3.8, 4) is 5.75 Å². The molecule has 0 fully saturated rings. The van der Waals surface area contributed by atoms with Gasteiger partial charge in [-0.3, -0.25) is 4.90 Å². The number of aliphatic hydroxyl groups is 1. The maximum absolute atomic E-state index is 13.7. The Hall–Kier alpha value is -3.11. The molecule has 8 nitrogen and oxygen atoms in total. The van der Waals surface area contributed by atoms with Crippen LogP contribution in [0.5, 0.6) is 5.75 Å². The predicted octanol–water partition coefficient (Wildman–Crippen LogP) is 3.55. The first-order chi connectivity index (χ1) is 17.8. The van der Waals surface area contributed by atoms with Crippen LogP contribution in [0.25, 0.3) is 12.2 Å². The van der Waals surface area contributed by atoms with Crippen LogP contribution in [0, 0.1) is 5.92 Å². The van der Waals surface area contributed by atoms with Crippen molar-refractivity contribution in [2.75, 3.05) is 26.7 Å². The lowest BCUT2D eigenvalue weighted by molar-refractivity contribution is 0.0733. The molecule has 2 aromatic carbocycles. The largest absolute Gasteiger partial charge is 0.487 e. The molecule has 0 radical (unpaired) electrons. The smallest absolute Gasteiger partial charge is 0.247 e. The average Bonchev–Trinajstić information content (AvgIpc) is 2.90. The summed E-state index contributed by atoms with van der Waals surface area (Å²) in [5, 5.41) is 9.85. The molecule has 0 amide bonds. The first-order valence-electron chi connectivity index (χ1n) is 12.4. The maximum atomic E-state index is 13.7. The number of likely N-dealkylation sites (N-methyl/N-ethyl adjacent to an activating group) is 1. The zero-order chi connectivity index (χ0) is 26.4. The molecule has 4 rings (SSSR count). The molecule has 1 aliphatic rings. The fourth-order valence-electron chi connectivity index (χ4n) is 4.42. The third-order valence-corrected chi connectivity index (χ3v) is 8.54. The molecule has 3 aromatic rings. The van der Waals surface area contributed by atoms with Crippen molar-refractivity contribution in [2.24, 2.45) is 5.92 Å². The molecule has 0 saturated carbocycles. The van der Waals surface area contributed by atoms with Gasteiger partial charge in [-0.1, -0.05) is 55.5 Å². The molecular formula is C28H34N4O4S. The second-order valence-electron chi connectivity index (χ2n) is 9.63. The van der Waals surface area contributed by atoms with Gasteiger partial charge < -0.3 is 9.84 Å². The summed E-state index contributed by atoms with van der Waals surface area (Å²) in [6.45, 7) is 4.89. The van der Waals surface area contributed by atoms with Gasteiger partial charge in [0.2, 0.25) is 10.0 Å². The SMILES string of the molecule is C[C@H]1CN([C@@H](C)CO)S(=O)(=O)c2ccc(C=Cc3ccccc3)cc2O[C@H]1CN(C)Cc1cncnc1. The quantitative estimate of drug-likeness (QED) is 0.452. The summed E-state index contributed by atoms with van der Waals surface area (Å²) in [6.07, 6.45) is 8.70. The molecule has 9 heteroatoms. The third kappa shape index (κ3) is 6.61. The van der Waals surface area contributed by atoms with Gasteiger partial charge in [0.05, 0.1) is 6.61 Å². The van der Waals surface area contributed by atoms with Gasteiger partial charge in [0.1, 0.15) is 23.1 Å². The van der Waals surface area contributed by atoms with Crippen LogP contribution in [0.15, 0.2) is 72.1 Å². The number of aliphatic hydroxyl groups excluding tert-OH is 1. The molecule has 1 aromatic heterocycles. The van der Waals surface area contributed by atoms with Crippen LogP contribution in [-0.2, 0) is 16.6 Å². The van der Waals surface area contributed by atoms with E-state index >= 15 is 0 Å². The summed E-state index contributed by atoms with van der Waals surface area (Å²) in [6, 6.07) is 14.5. The van der Waals surface area contributed by atoms with E-state index < -0.39 is 16.1 Å². The molecule has 0 saturated heterocycles. The lowest BCUT2D eigenvalue weighted by atomic mass is 10.0. The molecule has 0 bridgehead atoms. The van der Waals surface area contributed by atoms with Crippen molar-refractivity contribution in [2.45, 2.75) is 37.4 Å². The summed E-state index contributed by atoms with van der Waals surface area (Å²) in [5.41, 5.74) is 2.86. The maximum Gasteiger partial charge on any atom is 0.247 e. The summed E-state index contributed by atoms with van der Waals surface area (Å²) in [4.78, 5) is 10.4. The first-order valence-corrected chi connectivity index (χ1v) is 13.8. The van der Waals surface area contributed by atoms with Gasteiger partial charge in [-0.15, -0.1) is 0 Å². The van der Waals surface area contributed by atoms with E-state index in [1.807, 2.05) is 56.5 Å². The topological polar surface area (TPSA) is 95.9 Å². The minimum absolute atomic E-state index is 0.112. The zero-order valence-electron chi connectivity index (χ0n) is 21.4. The lowest BCUT2D eigenvalue weighted by Crippen LogP contribution is -2.49. The molecule has 196 valence electrons. The standard InChI is InChI=1S/C28H34N4O4S/c1-21-16-32(22(2)19-33)37(34,35)28-12-11-24(10-9-23-7-5-4-6-8-23)13-26(28)36-27(21)18-31(3)17-25-14-29-20-30-15-25/h4-15,20-22,27,33H,16-19H2,1-3H3/t21-,22-,27-/m0/s1. The van der Waals surface area contributed by atoms with Crippen molar-refractivity contribution in [1.29, 1.82) is 0 Å². The normalized spacial score (nSPS) is 20.7. The second-order valence-corrected chi connectivity index (χ2v) is 11.5. The van der Waals surface area contributed by atoms with Crippen molar-refractivity contribution in [1.82, 2.24) is 19.2 Å². The summed E-state index contributed by atoms with van der Waals surface area (Å²) in [5.74, 6) is 0.188. The monoisotopic (exact) mass is 522 g/mol. The minimum Gasteiger partial charge on any atom is -0.487 e. The number of hydrogen-bond donors (Lipinski definition) is 1. The van der Waals surface area contributed by atoms with Crippen molar-refractivity contribution >= 4 is 22.2 Å². The highest BCUT2D eigenvalue weighted by atomic mass is 32.2. The third-order valence-electron chi connectivity index (χ3n) is 6.52. The van der Waals surface area contributed by atoms with Gasteiger partial charge in [-0.05, 0) is 37.2 Å². The fourth-order valence-corrected chi connectivity index (χ4v) is 6.24. The van der Waals surface area contributed by atoms with Crippen LogP contribution < -0.4 is 4.74 Å². The molecule has 0 unspecified atom stereocenters. The van der Waals surface area contributed by atoms with Crippen molar-refractivity contribution in [3.63, 3.8) is 0 Å². The number of aromatic nitrogens is 2. The second kappa shape index (κ2) is 12.0. The van der Waals surface area contributed by atoms with E-state index in [-0.39, 0.29) is 30.1 Å². The molecule has 0 aliphatic carbocycles. The van der Waals surface area contributed by atoms with Crippen LogP contribution in [0.4, 0.5) is 0 Å². The highest BCUT2D eigenvalue weighted by Gasteiger charge is 2.38. The number of hydrogen-bond acceptors (Lipinski definition) is 7. The Balaban J connectivity index is 1.68. The van der Waals surface area contributed by atoms with E-state index in [1.54, 1.807) is 37.5 Å². The molecule has 1 N–H and O–H groups in total. The van der Waals surface area contributed by atoms with Gasteiger partial charge in [0.15, 0.2) is 0 Å². The Morgan fingerprint density at radius 2 is 1.84 bits per heavy atom. The van der Waals surface area contributed by atoms with Crippen molar-refractivity contribution in [3.05, 3.63) is 83.9 Å². The Morgan fingerprint density at radius 3 is 2.54 bits per heavy atom. The number of sulfonamides is 1. The Labute approximate surface area is 219 Å². The number of benzene rings is 2. The Morgan fingerprint density at radius 1 is 1.14 bits per heavy atom. The molecule has 1 aliphatic heterocycles. The van der Waals surface area contributed by atoms with E-state index in [4.69, 9.17) is 4.74 Å². The van der Waals surface area contributed by atoms with Gasteiger partial charge in [-0.2, -0.15) is 4.31 Å². The van der Waals surface area contributed by atoms with Crippen molar-refractivity contribution < 1.29 is 18.3 Å². The van der Waals surface area contributed by atoms with Gasteiger partial charge in [0.25, 0.3) is 0 Å². The number of nitrogens with zero attached hydrogens (tertiary/aromatic N) is 4. The number of ether oxygens (including phenoxy) is 1. The average molecular weight is 523 g/mol. The van der Waals surface area contributed by atoms with E-state index in [0.717, 1.165) is 16.7 Å². The van der Waals surface area contributed by atoms with Crippen LogP contribution in [0.3, 0.4) is 0 Å². The van der Waals surface area contributed by atoms with E-state index in [9.17, 15) is 13.5 Å². The van der Waals surface area contributed by atoms with Gasteiger partial charge in [0, 0.05) is 49.6 Å². The van der Waals surface area contributed by atoms with Gasteiger partial charge >= 0.3 is 0 Å². The van der Waals surface area contributed by atoms with E-state index in [0.29, 0.717) is 18.8 Å². The molecule has 3 atom stereocenters. The lowest BCUT2D eigenvalue weighted by Gasteiger charge is -2.37. The van der Waals surface area contributed by atoms with Crippen LogP contribution in [-0.4, -0.2) is 71.6 Å². The molecular weight excluding hydrogens is 488 g/mol. The highest BCUT2D eigenvalue weighted by Crippen LogP contribution is 2.34. The summed E-state index contributed by atoms with van der Waals surface area (Å²) < 4.78 is 35.2. The Kier molecular flexibility index (Phi) is 8.71. The van der Waals surface area contributed by atoms with Crippen LogP contribution in [0.1, 0.15) is 30.5 Å². The highest BCUT2D eigenvalue weighted by molar-refractivity contribution is 7.89.